The van der Waals surface area contributed by atoms with Crippen LogP contribution in [-0.4, -0.2) is 10.9 Å². The monoisotopic (exact) mass is 364 g/mol. The van der Waals surface area contributed by atoms with E-state index in [0.717, 1.165) is 29.1 Å². The largest absolute Gasteiger partial charge is 0.352 e. The molecule has 0 fully saturated rings. The summed E-state index contributed by atoms with van der Waals surface area (Å²) >= 11 is 1.56. The standard InChI is InChI=1S/C22H24N2OS/c1-3-16-10-11-18(4-2)19(12-16)20-15-26-22(24-20)13-21(25)23-14-17-8-6-5-7-9-17/h5-12,15H,3-4,13-14H2,1-2H3,(H,23,25). The van der Waals surface area contributed by atoms with E-state index in [-0.39, 0.29) is 5.91 Å². The van der Waals surface area contributed by atoms with Gasteiger partial charge in [-0.3, -0.25) is 4.79 Å². The third-order valence-corrected chi connectivity index (χ3v) is 5.28. The van der Waals surface area contributed by atoms with Gasteiger partial charge in [0.25, 0.3) is 0 Å². The molecule has 0 atom stereocenters. The SMILES string of the molecule is CCc1ccc(CC)c(-c2csc(CC(=O)NCc3ccccc3)n2)c1. The molecule has 1 heterocycles. The molecule has 134 valence electrons. The summed E-state index contributed by atoms with van der Waals surface area (Å²) in [6, 6.07) is 16.6. The van der Waals surface area contributed by atoms with Gasteiger partial charge in [0.1, 0.15) is 5.01 Å². The van der Waals surface area contributed by atoms with Gasteiger partial charge in [0.2, 0.25) is 5.91 Å². The number of aromatic nitrogens is 1. The molecule has 0 saturated carbocycles. The van der Waals surface area contributed by atoms with Crippen LogP contribution in [0.1, 0.15) is 35.5 Å². The van der Waals surface area contributed by atoms with Crippen LogP contribution in [0, 0.1) is 0 Å². The summed E-state index contributed by atoms with van der Waals surface area (Å²) in [7, 11) is 0. The minimum absolute atomic E-state index is 0.00720. The molecule has 0 spiro atoms. The van der Waals surface area contributed by atoms with Crippen molar-refractivity contribution in [3.63, 3.8) is 0 Å². The van der Waals surface area contributed by atoms with Crippen LogP contribution < -0.4 is 5.32 Å². The highest BCUT2D eigenvalue weighted by Crippen LogP contribution is 2.27. The molecule has 2 aromatic carbocycles. The summed E-state index contributed by atoms with van der Waals surface area (Å²) in [4.78, 5) is 16.9. The molecule has 0 unspecified atom stereocenters. The molecule has 1 amide bonds. The van der Waals surface area contributed by atoms with Gasteiger partial charge in [-0.1, -0.05) is 56.3 Å². The molecule has 0 aliphatic carbocycles. The van der Waals surface area contributed by atoms with Gasteiger partial charge >= 0.3 is 0 Å². The molecule has 1 N–H and O–H groups in total. The number of nitrogens with one attached hydrogen (secondary N) is 1. The first-order valence-electron chi connectivity index (χ1n) is 9.06. The van der Waals surface area contributed by atoms with Crippen LogP contribution in [0.3, 0.4) is 0 Å². The van der Waals surface area contributed by atoms with Crippen molar-refractivity contribution in [1.82, 2.24) is 10.3 Å². The van der Waals surface area contributed by atoms with E-state index in [0.29, 0.717) is 13.0 Å². The molecular formula is C22H24N2OS. The summed E-state index contributed by atoms with van der Waals surface area (Å²) < 4.78 is 0. The van der Waals surface area contributed by atoms with Gasteiger partial charge in [-0.05, 0) is 35.6 Å². The number of hydrogen-bond acceptors (Lipinski definition) is 3. The zero-order valence-electron chi connectivity index (χ0n) is 15.3. The summed E-state index contributed by atoms with van der Waals surface area (Å²) in [5.74, 6) is 0.00720. The number of carbonyl (C=O) groups excluding carboxylic acids is 1. The van der Waals surface area contributed by atoms with Crippen molar-refractivity contribution in [1.29, 1.82) is 0 Å². The van der Waals surface area contributed by atoms with E-state index in [1.54, 1.807) is 11.3 Å². The lowest BCUT2D eigenvalue weighted by molar-refractivity contribution is -0.120. The van der Waals surface area contributed by atoms with Gasteiger partial charge in [-0.25, -0.2) is 4.98 Å². The van der Waals surface area contributed by atoms with Crippen LogP contribution in [0.15, 0.2) is 53.9 Å². The zero-order valence-corrected chi connectivity index (χ0v) is 16.1. The van der Waals surface area contributed by atoms with E-state index in [9.17, 15) is 4.79 Å². The number of nitrogens with zero attached hydrogens (tertiary/aromatic N) is 1. The van der Waals surface area contributed by atoms with Crippen molar-refractivity contribution in [2.75, 3.05) is 0 Å². The lowest BCUT2D eigenvalue weighted by Crippen LogP contribution is -2.24. The Labute approximate surface area is 159 Å². The van der Waals surface area contributed by atoms with E-state index in [2.05, 4.69) is 42.7 Å². The molecule has 0 radical (unpaired) electrons. The normalized spacial score (nSPS) is 10.7. The summed E-state index contributed by atoms with van der Waals surface area (Å²) in [5, 5.41) is 5.88. The third kappa shape index (κ3) is 4.58. The predicted octanol–water partition coefficient (Wildman–Crippen LogP) is 4.79. The molecule has 0 aliphatic rings. The second-order valence-electron chi connectivity index (χ2n) is 6.26. The van der Waals surface area contributed by atoms with Crippen molar-refractivity contribution >= 4 is 17.2 Å². The van der Waals surface area contributed by atoms with E-state index in [1.807, 2.05) is 30.3 Å². The maximum Gasteiger partial charge on any atom is 0.227 e. The highest BCUT2D eigenvalue weighted by molar-refractivity contribution is 7.10. The minimum Gasteiger partial charge on any atom is -0.352 e. The molecule has 3 nitrogen and oxygen atoms in total. The third-order valence-electron chi connectivity index (χ3n) is 4.44. The summed E-state index contributed by atoms with van der Waals surface area (Å²) in [5.41, 5.74) is 5.89. The van der Waals surface area contributed by atoms with Gasteiger partial charge < -0.3 is 5.32 Å². The predicted molar refractivity (Wildman–Crippen MR) is 108 cm³/mol. The van der Waals surface area contributed by atoms with Crippen LogP contribution in [-0.2, 0) is 30.6 Å². The number of aryl methyl sites for hydroxylation is 2. The highest BCUT2D eigenvalue weighted by Gasteiger charge is 2.12. The number of carbonyl (C=O) groups is 1. The van der Waals surface area contributed by atoms with Crippen molar-refractivity contribution in [3.8, 4) is 11.3 Å². The van der Waals surface area contributed by atoms with Crippen LogP contribution in [0.25, 0.3) is 11.3 Å². The average molecular weight is 365 g/mol. The molecular weight excluding hydrogens is 340 g/mol. The first-order chi connectivity index (χ1) is 12.7. The Morgan fingerprint density at radius 1 is 1.04 bits per heavy atom. The molecule has 0 aliphatic heterocycles. The maximum atomic E-state index is 12.2. The first-order valence-corrected chi connectivity index (χ1v) is 9.94. The van der Waals surface area contributed by atoms with Gasteiger partial charge in [-0.2, -0.15) is 0 Å². The molecule has 0 bridgehead atoms. The van der Waals surface area contributed by atoms with Crippen molar-refractivity contribution < 1.29 is 4.79 Å². The Hall–Kier alpha value is -2.46. The van der Waals surface area contributed by atoms with Gasteiger partial charge in [0.15, 0.2) is 0 Å². The number of benzene rings is 2. The van der Waals surface area contributed by atoms with Crippen LogP contribution in [0.2, 0.25) is 0 Å². The Balaban J connectivity index is 1.67. The fourth-order valence-electron chi connectivity index (χ4n) is 2.90. The summed E-state index contributed by atoms with van der Waals surface area (Å²) in [6.45, 7) is 4.87. The van der Waals surface area contributed by atoms with Gasteiger partial charge in [0.05, 0.1) is 12.1 Å². The van der Waals surface area contributed by atoms with Gasteiger partial charge in [-0.15, -0.1) is 11.3 Å². The molecule has 3 rings (SSSR count). The molecule has 3 aromatic rings. The molecule has 4 heteroatoms. The lowest BCUT2D eigenvalue weighted by atomic mass is 9.99. The average Bonchev–Trinajstić information content (AvgIpc) is 3.15. The molecule has 26 heavy (non-hydrogen) atoms. The van der Waals surface area contributed by atoms with Gasteiger partial charge in [0, 0.05) is 17.5 Å². The van der Waals surface area contributed by atoms with Crippen LogP contribution >= 0.6 is 11.3 Å². The fraction of sp³-hybridized carbons (Fsp3) is 0.273. The lowest BCUT2D eigenvalue weighted by Gasteiger charge is -2.08. The first kappa shape index (κ1) is 18.3. The second kappa shape index (κ2) is 8.77. The van der Waals surface area contributed by atoms with Crippen LogP contribution in [0.4, 0.5) is 0 Å². The van der Waals surface area contributed by atoms with E-state index in [4.69, 9.17) is 4.98 Å². The van der Waals surface area contributed by atoms with Crippen molar-refractivity contribution in [2.45, 2.75) is 39.7 Å². The highest BCUT2D eigenvalue weighted by atomic mass is 32.1. The Kier molecular flexibility index (Phi) is 6.18. The van der Waals surface area contributed by atoms with E-state index in [1.165, 1.54) is 16.7 Å². The molecule has 0 saturated heterocycles. The molecule has 1 aromatic heterocycles. The summed E-state index contributed by atoms with van der Waals surface area (Å²) in [6.07, 6.45) is 2.31. The number of rotatable bonds is 7. The number of hydrogen-bond donors (Lipinski definition) is 1. The fourth-order valence-corrected chi connectivity index (χ4v) is 3.70. The van der Waals surface area contributed by atoms with E-state index < -0.39 is 0 Å². The topological polar surface area (TPSA) is 42.0 Å². The zero-order chi connectivity index (χ0) is 18.4. The Morgan fingerprint density at radius 3 is 2.58 bits per heavy atom. The van der Waals surface area contributed by atoms with Crippen molar-refractivity contribution in [3.05, 3.63) is 75.6 Å². The second-order valence-corrected chi connectivity index (χ2v) is 7.21. The minimum atomic E-state index is 0.00720. The number of thiazole rings is 1. The smallest absolute Gasteiger partial charge is 0.227 e. The number of amides is 1. The Bertz CT molecular complexity index is 871. The van der Waals surface area contributed by atoms with Crippen molar-refractivity contribution in [2.24, 2.45) is 0 Å². The maximum absolute atomic E-state index is 12.2. The Morgan fingerprint density at radius 2 is 1.85 bits per heavy atom. The van der Waals surface area contributed by atoms with Crippen LogP contribution in [0.5, 0.6) is 0 Å². The van der Waals surface area contributed by atoms with E-state index >= 15 is 0 Å². The quantitative estimate of drug-likeness (QED) is 0.655.